The quantitative estimate of drug-likeness (QED) is 0.729. The molecule has 0 amide bonds. The van der Waals surface area contributed by atoms with Crippen LogP contribution >= 0.6 is 11.6 Å². The molecule has 1 aromatic heterocycles. The molecule has 3 nitrogen and oxygen atoms in total. The number of aromatic nitrogens is 1. The number of hydrogen-bond donors (Lipinski definition) is 2. The van der Waals surface area contributed by atoms with Gasteiger partial charge in [0.1, 0.15) is 0 Å². The molecule has 0 radical (unpaired) electrons. The van der Waals surface area contributed by atoms with Crippen molar-refractivity contribution in [3.63, 3.8) is 0 Å². The number of hydrogen-bond acceptors (Lipinski definition) is 1. The van der Waals surface area contributed by atoms with Gasteiger partial charge in [0.15, 0.2) is 5.78 Å². The molecule has 0 bridgehead atoms. The van der Waals surface area contributed by atoms with Crippen molar-refractivity contribution >= 4 is 28.3 Å². The molecule has 0 unspecified atom stereocenters. The summed E-state index contributed by atoms with van der Waals surface area (Å²) in [6, 6.07) is 5.63. The summed E-state index contributed by atoms with van der Waals surface area (Å²) in [4.78, 5) is 15.6. The summed E-state index contributed by atoms with van der Waals surface area (Å²) in [5.74, 6) is 0.780. The first-order chi connectivity index (χ1) is 9.24. The molecular weight excluding hydrogens is 295 g/mol. The first-order valence-electron chi connectivity index (χ1n) is 6.85. The highest BCUT2D eigenvalue weighted by atomic mass is 35.5. The number of nitrogens with two attached hydrogens (primary N) is 1. The van der Waals surface area contributed by atoms with E-state index < -0.39 is 0 Å². The van der Waals surface area contributed by atoms with Gasteiger partial charge in [-0.15, -0.1) is 0 Å². The maximum absolute atomic E-state index is 12.4. The van der Waals surface area contributed by atoms with Crippen LogP contribution < -0.4 is 17.7 Å². The fraction of sp³-hybridized carbons (Fsp3) is 0.400. The average molecular weight is 313 g/mol. The summed E-state index contributed by atoms with van der Waals surface area (Å²) in [6.45, 7) is 2.30. The van der Waals surface area contributed by atoms with E-state index in [9.17, 15) is 4.79 Å². The molecular formula is C15H18Cl2N2O. The smallest absolute Gasteiger partial charge is 0.165 e. The van der Waals surface area contributed by atoms with Crippen molar-refractivity contribution in [2.75, 3.05) is 13.1 Å². The molecule has 3 N–H and O–H groups in total. The van der Waals surface area contributed by atoms with Gasteiger partial charge in [0.05, 0.1) is 13.1 Å². The largest absolute Gasteiger partial charge is 1.00 e. The van der Waals surface area contributed by atoms with Gasteiger partial charge >= 0.3 is 0 Å². The Bertz CT molecular complexity index is 603. The Morgan fingerprint density at radius 2 is 2.10 bits per heavy atom. The van der Waals surface area contributed by atoms with Crippen LogP contribution in [0.15, 0.2) is 24.4 Å². The zero-order valence-corrected chi connectivity index (χ0v) is 12.7. The summed E-state index contributed by atoms with van der Waals surface area (Å²) in [7, 11) is 0. The summed E-state index contributed by atoms with van der Waals surface area (Å²) >= 11 is 6.01. The molecule has 20 heavy (non-hydrogen) atoms. The van der Waals surface area contributed by atoms with Gasteiger partial charge in [0.25, 0.3) is 0 Å². The molecule has 2 aromatic rings. The van der Waals surface area contributed by atoms with Crippen LogP contribution in [0.5, 0.6) is 0 Å². The van der Waals surface area contributed by atoms with Crippen molar-refractivity contribution in [3.05, 3.63) is 35.0 Å². The second kappa shape index (κ2) is 6.61. The van der Waals surface area contributed by atoms with E-state index in [4.69, 9.17) is 11.6 Å². The minimum absolute atomic E-state index is 0. The summed E-state index contributed by atoms with van der Waals surface area (Å²) in [5.41, 5.74) is 1.76. The van der Waals surface area contributed by atoms with E-state index in [1.807, 2.05) is 24.4 Å². The fourth-order valence-corrected chi connectivity index (χ4v) is 3.07. The normalized spacial score (nSPS) is 16.1. The number of carbonyl (C=O) groups excluding carboxylic acids is 1. The maximum Gasteiger partial charge on any atom is 0.165 e. The van der Waals surface area contributed by atoms with Crippen LogP contribution in [0.4, 0.5) is 0 Å². The lowest BCUT2D eigenvalue weighted by atomic mass is 9.90. The van der Waals surface area contributed by atoms with E-state index in [1.54, 1.807) is 0 Å². The standard InChI is InChI=1S/C15H17ClN2O.ClH/c16-11-1-2-14-12(8-11)13(9-18-14)15(19)7-10-3-5-17-6-4-10;/h1-2,8-10,17-18H,3-7H2;1H. The summed E-state index contributed by atoms with van der Waals surface area (Å²) in [6.07, 6.45) is 4.77. The number of piperidine rings is 1. The van der Waals surface area contributed by atoms with Crippen molar-refractivity contribution < 1.29 is 22.5 Å². The molecule has 2 heterocycles. The molecule has 1 aromatic carbocycles. The van der Waals surface area contributed by atoms with Crippen LogP contribution in [0.1, 0.15) is 29.6 Å². The Kier molecular flexibility index (Phi) is 5.08. The van der Waals surface area contributed by atoms with Gasteiger partial charge in [-0.25, -0.2) is 0 Å². The number of H-pyrrole nitrogens is 1. The third-order valence-corrected chi connectivity index (χ3v) is 4.21. The Labute approximate surface area is 129 Å². The first-order valence-corrected chi connectivity index (χ1v) is 7.23. The van der Waals surface area contributed by atoms with Gasteiger partial charge in [0.2, 0.25) is 0 Å². The Hall–Kier alpha value is -1.03. The minimum Gasteiger partial charge on any atom is -1.00 e. The number of benzene rings is 1. The number of nitrogens with one attached hydrogen (secondary N) is 1. The number of ketones is 1. The second-order valence-electron chi connectivity index (χ2n) is 5.33. The molecule has 0 aliphatic carbocycles. The molecule has 0 spiro atoms. The van der Waals surface area contributed by atoms with E-state index >= 15 is 0 Å². The zero-order chi connectivity index (χ0) is 13.2. The zero-order valence-electron chi connectivity index (χ0n) is 11.2. The van der Waals surface area contributed by atoms with Crippen LogP contribution in [0, 0.1) is 5.92 Å². The fourth-order valence-electron chi connectivity index (χ4n) is 2.90. The topological polar surface area (TPSA) is 49.5 Å². The number of quaternary nitrogens is 1. The third kappa shape index (κ3) is 3.17. The number of rotatable bonds is 3. The molecule has 1 aliphatic rings. The van der Waals surface area contributed by atoms with Crippen LogP contribution in [-0.2, 0) is 0 Å². The molecule has 0 atom stereocenters. The minimum atomic E-state index is 0. The van der Waals surface area contributed by atoms with E-state index in [-0.39, 0.29) is 18.2 Å². The Morgan fingerprint density at radius 1 is 1.35 bits per heavy atom. The lowest BCUT2D eigenvalue weighted by molar-refractivity contribution is -0.664. The summed E-state index contributed by atoms with van der Waals surface area (Å²) < 4.78 is 0. The van der Waals surface area contributed by atoms with Gasteiger partial charge in [-0.05, 0) is 37.0 Å². The van der Waals surface area contributed by atoms with E-state index in [1.165, 1.54) is 0 Å². The predicted molar refractivity (Wildman–Crippen MR) is 76.6 cm³/mol. The van der Waals surface area contributed by atoms with E-state index in [2.05, 4.69) is 10.3 Å². The van der Waals surface area contributed by atoms with Crippen molar-refractivity contribution in [2.45, 2.75) is 19.3 Å². The number of carbonyl (C=O) groups is 1. The van der Waals surface area contributed by atoms with E-state index in [0.717, 1.165) is 42.4 Å². The van der Waals surface area contributed by atoms with Gasteiger partial charge in [-0.2, -0.15) is 0 Å². The Morgan fingerprint density at radius 3 is 2.85 bits per heavy atom. The molecule has 5 heteroatoms. The predicted octanol–water partition coefficient (Wildman–Crippen LogP) is -0.628. The van der Waals surface area contributed by atoms with Gasteiger partial charge < -0.3 is 22.7 Å². The molecule has 1 aliphatic heterocycles. The maximum atomic E-state index is 12.4. The lowest BCUT2D eigenvalue weighted by Gasteiger charge is -2.19. The van der Waals surface area contributed by atoms with Gasteiger partial charge in [-0.3, -0.25) is 4.79 Å². The average Bonchev–Trinajstić information content (AvgIpc) is 2.82. The van der Waals surface area contributed by atoms with Crippen molar-refractivity contribution in [2.24, 2.45) is 5.92 Å². The molecule has 1 saturated heterocycles. The van der Waals surface area contributed by atoms with Crippen LogP contribution in [0.25, 0.3) is 10.9 Å². The second-order valence-corrected chi connectivity index (χ2v) is 5.77. The molecule has 3 rings (SSSR count). The lowest BCUT2D eigenvalue weighted by Crippen LogP contribution is -3.00. The third-order valence-electron chi connectivity index (χ3n) is 3.98. The van der Waals surface area contributed by atoms with Crippen molar-refractivity contribution in [3.8, 4) is 0 Å². The highest BCUT2D eigenvalue weighted by Crippen LogP contribution is 2.25. The number of halogens is 2. The SMILES string of the molecule is O=C(CC1CC[NH2+]CC1)c1c[nH]c2ccc(Cl)cc12.[Cl-]. The molecule has 1 fully saturated rings. The Balaban J connectivity index is 0.00000147. The van der Waals surface area contributed by atoms with Gasteiger partial charge in [-0.1, -0.05) is 11.6 Å². The van der Waals surface area contributed by atoms with Crippen LogP contribution in [-0.4, -0.2) is 23.9 Å². The molecule has 0 saturated carbocycles. The van der Waals surface area contributed by atoms with Crippen molar-refractivity contribution in [1.82, 2.24) is 4.98 Å². The monoisotopic (exact) mass is 312 g/mol. The highest BCUT2D eigenvalue weighted by molar-refractivity contribution is 6.31. The van der Waals surface area contributed by atoms with Crippen LogP contribution in [0.2, 0.25) is 5.02 Å². The number of Topliss-reactive ketones (excluding diaryl/α,β-unsaturated/α-hetero) is 1. The van der Waals surface area contributed by atoms with E-state index in [0.29, 0.717) is 17.4 Å². The summed E-state index contributed by atoms with van der Waals surface area (Å²) in [5, 5.41) is 3.94. The van der Waals surface area contributed by atoms with Crippen molar-refractivity contribution in [1.29, 1.82) is 0 Å². The number of fused-ring (bicyclic) bond motifs is 1. The highest BCUT2D eigenvalue weighted by Gasteiger charge is 2.21. The first kappa shape index (κ1) is 15.4. The number of aromatic amines is 1. The van der Waals surface area contributed by atoms with Crippen LogP contribution in [0.3, 0.4) is 0 Å². The van der Waals surface area contributed by atoms with Gasteiger partial charge in [0, 0.05) is 34.1 Å². The molecule has 108 valence electrons.